The van der Waals surface area contributed by atoms with Crippen molar-refractivity contribution in [3.05, 3.63) is 169 Å². The van der Waals surface area contributed by atoms with Crippen LogP contribution in [0.1, 0.15) is 38.8 Å². The number of hydrogen-bond acceptors (Lipinski definition) is 4. The van der Waals surface area contributed by atoms with Crippen molar-refractivity contribution < 1.29 is 30.0 Å². The normalized spacial score (nSPS) is 11.0. The Morgan fingerprint density at radius 1 is 0.680 bits per heavy atom. The number of carbonyl (C=O) groups excluding carboxylic acids is 1. The minimum Gasteiger partial charge on any atom is -0.512 e. The van der Waals surface area contributed by atoms with Crippen LogP contribution in [0.3, 0.4) is 0 Å². The molecule has 0 spiro atoms. The van der Waals surface area contributed by atoms with Gasteiger partial charge in [-0.2, -0.15) is 0 Å². The van der Waals surface area contributed by atoms with Crippen molar-refractivity contribution in [2.45, 2.75) is 40.0 Å². The van der Waals surface area contributed by atoms with Crippen molar-refractivity contribution in [3.63, 3.8) is 0 Å². The van der Waals surface area contributed by atoms with E-state index in [4.69, 9.17) is 5.11 Å². The van der Waals surface area contributed by atoms with E-state index in [1.54, 1.807) is 0 Å². The molecule has 0 bridgehead atoms. The Labute approximate surface area is 309 Å². The molecule has 2 aromatic heterocycles. The first kappa shape index (κ1) is 37.6. The molecular weight excluding hydrogens is 793 g/mol. The van der Waals surface area contributed by atoms with Crippen LogP contribution in [0, 0.1) is 19.1 Å². The van der Waals surface area contributed by atoms with E-state index >= 15 is 0 Å². The number of aliphatic hydroxyl groups excluding tert-OH is 1. The van der Waals surface area contributed by atoms with Crippen molar-refractivity contribution in [1.82, 2.24) is 9.97 Å². The third-order valence-corrected chi connectivity index (χ3v) is 7.98. The number of aldehydes is 1. The first-order valence-electron chi connectivity index (χ1n) is 16.2. The van der Waals surface area contributed by atoms with Crippen LogP contribution in [0.2, 0.25) is 0 Å². The van der Waals surface area contributed by atoms with Gasteiger partial charge in [0.1, 0.15) is 6.29 Å². The fourth-order valence-corrected chi connectivity index (χ4v) is 5.29. The number of rotatable bonds is 4. The Hall–Kier alpha value is -5.22. The van der Waals surface area contributed by atoms with E-state index in [0.29, 0.717) is 6.29 Å². The summed E-state index contributed by atoms with van der Waals surface area (Å²) in [6.07, 6.45) is 5.54. The fraction of sp³-hybridized carbons (Fsp3) is 0.133. The Morgan fingerprint density at radius 2 is 1.34 bits per heavy atom. The average Bonchev–Trinajstić information content (AvgIpc) is 3.12. The molecule has 0 atom stereocenters. The van der Waals surface area contributed by atoms with Crippen LogP contribution in [-0.2, 0) is 30.3 Å². The number of fused-ring (bicyclic) bond motifs is 3. The van der Waals surface area contributed by atoms with Crippen LogP contribution in [-0.4, -0.2) is 21.4 Å². The predicted octanol–water partition coefficient (Wildman–Crippen LogP) is 11.3. The standard InChI is InChI=1S/C21H20N.C20H14N.C4H6O2.Ir/c1-21(2,3)19-12-13-20(22-15-19)18-11-7-10-17(14-18)16-8-5-4-6-9-16;1-14-5-4-7-16(11-14)20-12-19-17(13-21-20)10-9-15-6-2-3-8-18(15)19;1-4(6)2-3-5;/h4-10,12-15H,1-3H3;2-6,8-13H,1H3;2-3,6H,1H3;/q2*-1;;/b;;4-2-;. The molecule has 1 radical (unpaired) electrons. The summed E-state index contributed by atoms with van der Waals surface area (Å²) < 4.78 is 0. The molecule has 0 aliphatic rings. The summed E-state index contributed by atoms with van der Waals surface area (Å²) >= 11 is 0. The van der Waals surface area contributed by atoms with Crippen LogP contribution in [0.4, 0.5) is 0 Å². The molecule has 0 amide bonds. The molecule has 2 heterocycles. The minimum absolute atomic E-state index is 0. The first-order valence-corrected chi connectivity index (χ1v) is 16.2. The smallest absolute Gasteiger partial charge is 0.146 e. The SMILES string of the molecule is C/C(O)=C/C=O.CC(C)(C)c1ccc(-c2[c-]ccc(-c3ccccc3)c2)nc1.Cc1cc[c-]c(-c2cc3c(ccc4ccccc43)cn2)c1.[Ir]. The largest absolute Gasteiger partial charge is 0.512 e. The number of benzene rings is 5. The van der Waals surface area contributed by atoms with Crippen LogP contribution < -0.4 is 0 Å². The van der Waals surface area contributed by atoms with Crippen LogP contribution in [0.25, 0.3) is 55.2 Å². The molecule has 5 heteroatoms. The predicted molar refractivity (Wildman–Crippen MR) is 203 cm³/mol. The summed E-state index contributed by atoms with van der Waals surface area (Å²) in [5.74, 6) is 0.0463. The van der Waals surface area contributed by atoms with Crippen molar-refractivity contribution in [3.8, 4) is 33.6 Å². The van der Waals surface area contributed by atoms with Crippen molar-refractivity contribution in [2.24, 2.45) is 0 Å². The number of nitrogens with zero attached hydrogens (tertiary/aromatic N) is 2. The molecule has 0 aliphatic carbocycles. The molecule has 5 aromatic carbocycles. The Balaban J connectivity index is 0.000000191. The van der Waals surface area contributed by atoms with Gasteiger partial charge in [0.2, 0.25) is 0 Å². The van der Waals surface area contributed by atoms with E-state index in [1.165, 1.54) is 50.7 Å². The molecule has 0 fully saturated rings. The molecule has 1 N–H and O–H groups in total. The summed E-state index contributed by atoms with van der Waals surface area (Å²) in [5.41, 5.74) is 9.01. The van der Waals surface area contributed by atoms with E-state index < -0.39 is 0 Å². The molecule has 0 aliphatic heterocycles. The van der Waals surface area contributed by atoms with Gasteiger partial charge in [-0.15, -0.1) is 70.8 Å². The number of aromatic nitrogens is 2. The Morgan fingerprint density at radius 3 is 1.98 bits per heavy atom. The number of pyridine rings is 2. The van der Waals surface area contributed by atoms with Gasteiger partial charge in [-0.3, -0.25) is 4.79 Å². The van der Waals surface area contributed by atoms with Gasteiger partial charge in [0, 0.05) is 38.6 Å². The molecule has 0 saturated heterocycles. The number of aryl methyl sites for hydroxylation is 1. The van der Waals surface area contributed by atoms with Gasteiger partial charge in [-0.1, -0.05) is 113 Å². The Kier molecular flexibility index (Phi) is 13.1. The van der Waals surface area contributed by atoms with Crippen molar-refractivity contribution >= 4 is 27.8 Å². The van der Waals surface area contributed by atoms with E-state index in [0.717, 1.165) is 28.6 Å². The van der Waals surface area contributed by atoms with E-state index in [1.807, 2.05) is 30.6 Å². The van der Waals surface area contributed by atoms with Gasteiger partial charge in [-0.05, 0) is 56.4 Å². The first-order chi connectivity index (χ1) is 23.6. The maximum absolute atomic E-state index is 9.38. The van der Waals surface area contributed by atoms with E-state index in [-0.39, 0.29) is 31.3 Å². The maximum atomic E-state index is 9.38. The van der Waals surface area contributed by atoms with Gasteiger partial charge in [0.15, 0.2) is 0 Å². The fourth-order valence-electron chi connectivity index (χ4n) is 5.29. The quantitative estimate of drug-likeness (QED) is 0.0631. The number of allylic oxidation sites excluding steroid dienone is 2. The summed E-state index contributed by atoms with van der Waals surface area (Å²) in [5, 5.41) is 13.1. The van der Waals surface area contributed by atoms with Gasteiger partial charge >= 0.3 is 0 Å². The molecule has 4 nitrogen and oxygen atoms in total. The summed E-state index contributed by atoms with van der Waals surface area (Å²) in [7, 11) is 0. The molecule has 0 saturated carbocycles. The third kappa shape index (κ3) is 9.92. The van der Waals surface area contributed by atoms with Gasteiger partial charge < -0.3 is 15.1 Å². The molecule has 253 valence electrons. The molecule has 50 heavy (non-hydrogen) atoms. The maximum Gasteiger partial charge on any atom is 0.146 e. The zero-order chi connectivity index (χ0) is 34.8. The number of hydrogen-bond donors (Lipinski definition) is 1. The average molecular weight is 833 g/mol. The van der Waals surface area contributed by atoms with E-state index in [2.05, 4.69) is 153 Å². The second-order valence-corrected chi connectivity index (χ2v) is 12.8. The minimum atomic E-state index is 0. The number of aliphatic hydroxyl groups is 1. The Bertz CT molecular complexity index is 2200. The summed E-state index contributed by atoms with van der Waals surface area (Å²) in [6.45, 7) is 10.1. The van der Waals surface area contributed by atoms with E-state index in [9.17, 15) is 4.79 Å². The van der Waals surface area contributed by atoms with Crippen molar-refractivity contribution in [2.75, 3.05) is 0 Å². The number of carbonyl (C=O) groups is 1. The molecule has 7 rings (SSSR count). The van der Waals surface area contributed by atoms with Crippen LogP contribution >= 0.6 is 0 Å². The zero-order valence-electron chi connectivity index (χ0n) is 28.9. The zero-order valence-corrected chi connectivity index (χ0v) is 31.3. The second-order valence-electron chi connectivity index (χ2n) is 12.8. The van der Waals surface area contributed by atoms with Crippen LogP contribution in [0.15, 0.2) is 146 Å². The molecular formula is C45H40IrN2O2-2. The summed E-state index contributed by atoms with van der Waals surface area (Å²) in [6, 6.07) is 48.5. The summed E-state index contributed by atoms with van der Waals surface area (Å²) in [4.78, 5) is 18.6. The van der Waals surface area contributed by atoms with Gasteiger partial charge in [0.25, 0.3) is 0 Å². The topological polar surface area (TPSA) is 63.1 Å². The second kappa shape index (κ2) is 17.4. The van der Waals surface area contributed by atoms with Crippen LogP contribution in [0.5, 0.6) is 0 Å². The van der Waals surface area contributed by atoms with Gasteiger partial charge in [-0.25, -0.2) is 0 Å². The van der Waals surface area contributed by atoms with Gasteiger partial charge in [0.05, 0.1) is 5.76 Å². The molecule has 0 unspecified atom stereocenters. The molecule has 7 aromatic rings. The van der Waals surface area contributed by atoms with Crippen molar-refractivity contribution in [1.29, 1.82) is 0 Å². The monoisotopic (exact) mass is 833 g/mol. The third-order valence-electron chi connectivity index (χ3n) is 7.98.